The van der Waals surface area contributed by atoms with E-state index in [1.54, 1.807) is 19.1 Å². The lowest BCUT2D eigenvalue weighted by atomic mass is 9.86. The van der Waals surface area contributed by atoms with Crippen LogP contribution in [0.4, 0.5) is 150 Å². The fourth-order valence-electron chi connectivity index (χ4n) is 14.9. The fraction of sp³-hybridized carbons (Fsp3) is 0.340. The Labute approximate surface area is 830 Å². The maximum Gasteiger partial charge on any atom is 0.435 e. The van der Waals surface area contributed by atoms with Crippen LogP contribution in [0.5, 0.6) is 0 Å². The molecule has 0 saturated heterocycles. The largest absolute Gasteiger partial charge is 0.457 e. The second-order valence-corrected chi connectivity index (χ2v) is 32.2. The molecular formula is C94H84ClF28N15O11. The van der Waals surface area contributed by atoms with Crippen LogP contribution in [0.15, 0.2) is 178 Å². The highest BCUT2D eigenvalue weighted by Crippen LogP contribution is 2.58. The molecule has 0 unspecified atom stereocenters. The first-order valence-electron chi connectivity index (χ1n) is 42.9. The molecule has 4 aromatic heterocycles. The van der Waals surface area contributed by atoms with Crippen molar-refractivity contribution in [1.29, 1.82) is 0 Å². The zero-order valence-electron chi connectivity index (χ0n) is 79.0. The van der Waals surface area contributed by atoms with E-state index < -0.39 is 152 Å². The molecule has 26 nitrogen and oxygen atoms in total. The number of alkyl halides is 28. The van der Waals surface area contributed by atoms with Crippen molar-refractivity contribution in [2.45, 2.75) is 186 Å². The quantitative estimate of drug-likeness (QED) is 0.0113. The second-order valence-electron chi connectivity index (χ2n) is 31.9. The third-order valence-electron chi connectivity index (χ3n) is 22.5. The number of nitrogens with two attached hydrogens (primary N) is 1. The lowest BCUT2D eigenvalue weighted by Gasteiger charge is -2.31. The van der Waals surface area contributed by atoms with Crippen LogP contribution in [0.3, 0.4) is 0 Å². The molecule has 12 rings (SSSR count). The molecule has 0 radical (unpaired) electrons. The third-order valence-corrected chi connectivity index (χ3v) is 22.6. The summed E-state index contributed by atoms with van der Waals surface area (Å²) in [5.74, 6) is -2.12. The number of hydrogen-bond acceptors (Lipinski definition) is 20. The number of aryl methyl sites for hydroxylation is 8. The zero-order valence-corrected chi connectivity index (χ0v) is 79.7. The van der Waals surface area contributed by atoms with Gasteiger partial charge in [0.2, 0.25) is 0 Å². The number of aliphatic hydroxyl groups excluding tert-OH is 1. The molecule has 0 bridgehead atoms. The summed E-state index contributed by atoms with van der Waals surface area (Å²) in [6, 6.07) is 22.2. The van der Waals surface area contributed by atoms with E-state index in [0.717, 1.165) is 31.1 Å². The maximum absolute atomic E-state index is 14.7. The van der Waals surface area contributed by atoms with Crippen LogP contribution in [-0.2, 0) is 83.5 Å². The van der Waals surface area contributed by atoms with Gasteiger partial charge in [-0.25, -0.2) is 65.8 Å². The van der Waals surface area contributed by atoms with Gasteiger partial charge in [0.05, 0.1) is 47.6 Å². The molecule has 804 valence electrons. The summed E-state index contributed by atoms with van der Waals surface area (Å²) in [6.45, 7) is 12.7. The van der Waals surface area contributed by atoms with Crippen molar-refractivity contribution >= 4 is 63.3 Å². The normalized spacial score (nSPS) is 12.3. The van der Waals surface area contributed by atoms with Gasteiger partial charge in [-0.1, -0.05) is 76.2 Å². The minimum Gasteiger partial charge on any atom is -0.457 e. The van der Waals surface area contributed by atoms with Crippen LogP contribution in [0.1, 0.15) is 165 Å². The number of nitrogen functional groups attached to an aromatic ring is 1. The van der Waals surface area contributed by atoms with Gasteiger partial charge < -0.3 is 20.3 Å². The molecule has 0 fully saturated rings. The minimum absolute atomic E-state index is 0.00563. The Hall–Kier alpha value is -14.8. The maximum atomic E-state index is 14.7. The zero-order chi connectivity index (χ0) is 113. The van der Waals surface area contributed by atoms with E-state index in [4.69, 9.17) is 10.8 Å². The highest BCUT2D eigenvalue weighted by Gasteiger charge is 2.77. The average Bonchev–Trinajstić information content (AvgIpc) is 1.74. The lowest BCUT2D eigenvalue weighted by Crippen LogP contribution is -2.50. The van der Waals surface area contributed by atoms with E-state index in [2.05, 4.69) is 66.7 Å². The van der Waals surface area contributed by atoms with E-state index in [1.165, 1.54) is 175 Å². The number of rotatable bonds is 26. The van der Waals surface area contributed by atoms with Crippen molar-refractivity contribution in [3.8, 4) is 22.7 Å². The van der Waals surface area contributed by atoms with Crippen molar-refractivity contribution in [2.24, 2.45) is 0 Å². The summed E-state index contributed by atoms with van der Waals surface area (Å²) in [6.07, 6.45) is -42.0. The Morgan fingerprint density at radius 2 is 0.617 bits per heavy atom. The SMILES string of the molecule is CCO.CCc1cc(C(F)(C(F)(F)F)C(F)(F)F)cc(C)c1CC(=O)c1ccc(-n2cncn2)c(N)c1.CCc1cc(C(F)(C(F)(F)F)C(F)(F)F)cc(C)c1CC(=O)c1ccc(-n2cncn2)c(NC(=O)OC)c1.CCc1cc(C(F)(C(F)(F)F)C(F)(F)F)cc(C)c1CC(=O)c1ccc(-n2cncn2)c([N+](=O)[O-])c1.CCc1cc(C(F)(C(F)(F)F)C(F)(F)F)cc(C)c1CC(=O)c1ccc(-n2cncn2)cc1.COC(=O)Cl. The first-order chi connectivity index (χ1) is 68.9. The van der Waals surface area contributed by atoms with Crippen LogP contribution >= 0.6 is 11.6 Å². The Morgan fingerprint density at radius 3 is 0.872 bits per heavy atom. The number of Topliss-reactive ketones (excluding diaryl/α,β-unsaturated/α-hetero) is 4. The van der Waals surface area contributed by atoms with Crippen molar-refractivity contribution in [3.05, 3.63) is 299 Å². The molecule has 8 aromatic carbocycles. The predicted octanol–water partition coefficient (Wildman–Crippen LogP) is 24.1. The number of halogens is 29. The number of nitro groups is 1. The number of methoxy groups -OCH3 is 2. The number of nitro benzene ring substituents is 1. The van der Waals surface area contributed by atoms with E-state index in [1.807, 2.05) is 0 Å². The molecule has 1 amide bonds. The number of benzene rings is 8. The van der Waals surface area contributed by atoms with Crippen LogP contribution in [-0.4, -0.2) is 174 Å². The van der Waals surface area contributed by atoms with Gasteiger partial charge in [-0.2, -0.15) is 126 Å². The van der Waals surface area contributed by atoms with Gasteiger partial charge >= 0.3 is 83.6 Å². The van der Waals surface area contributed by atoms with Gasteiger partial charge in [-0.05, 0) is 200 Å². The number of hydrogen-bond donors (Lipinski definition) is 3. The molecule has 149 heavy (non-hydrogen) atoms. The minimum atomic E-state index is -6.27. The summed E-state index contributed by atoms with van der Waals surface area (Å²) in [4.78, 5) is 98.7. The number of carbonyl (C=O) groups excluding carboxylic acids is 6. The average molecular weight is 2170 g/mol. The van der Waals surface area contributed by atoms with E-state index in [9.17, 15) is 162 Å². The molecule has 0 saturated carbocycles. The Balaban J connectivity index is 0.000000262. The number of ketones is 4. The number of ether oxygens (including phenoxy) is 2. The molecule has 0 aliphatic rings. The molecule has 0 atom stereocenters. The Kier molecular flexibility index (Phi) is 39.1. The fourth-order valence-corrected chi connectivity index (χ4v) is 14.9. The standard InChI is InChI=1S/C24H21F7N4O3.C22H17F7N4O3.C22H19F7N4O.C22H18F7N3O.C2H3ClO2.C2H6O/c1-4-14-8-16(22(25,23(26,27)28)24(29,30)31)7-13(2)17(14)10-20(36)15-5-6-19(35-12-32-11-33-35)18(9-15)34-21(37)38-3;1-3-13-7-15(20(23,21(24,25)26)22(27,28)29)6-12(2)16(13)9-19(34)14-4-5-17(18(8-14)33(35)36)32-11-30-10-31-32;1-3-13-7-15(20(23,21(24,25)26)22(27,28)29)6-12(2)16(13)9-19(34)14-4-5-18(17(30)8-14)33-11-31-10-32-33;1-3-14-9-16(20(23,21(24,25)26)22(27,28)29)8-13(2)18(14)10-19(33)15-4-6-17(7-5-15)32-12-30-11-31-32;1-5-2(3)4;1-2-3/h5-9,11-12H,4,10H2,1-3H3,(H,34,37);4-8,10-11H,3,9H2,1-2H3;4-8,10-11H,3,9,30H2,1-2H3;4-9,11-12H,3,10H2,1-2H3;1H3;3H,2H2,1H3. The van der Waals surface area contributed by atoms with E-state index in [-0.39, 0.29) is 151 Å². The van der Waals surface area contributed by atoms with Crippen molar-refractivity contribution in [3.63, 3.8) is 0 Å². The number of aliphatic hydroxyl groups is 1. The number of nitrogens with zero attached hydrogens (tertiary/aromatic N) is 13. The molecule has 4 heterocycles. The topological polar surface area (TPSA) is 345 Å². The Morgan fingerprint density at radius 1 is 0.369 bits per heavy atom. The first-order valence-corrected chi connectivity index (χ1v) is 43.3. The van der Waals surface area contributed by atoms with Gasteiger partial charge in [0.25, 0.3) is 5.69 Å². The highest BCUT2D eigenvalue weighted by atomic mass is 35.5. The molecule has 4 N–H and O–H groups in total. The number of anilines is 2. The Bertz CT molecular complexity index is 6660. The molecule has 0 aliphatic carbocycles. The summed E-state index contributed by atoms with van der Waals surface area (Å²) in [7, 11) is 2.34. The first kappa shape index (κ1) is 121. The summed E-state index contributed by atoms with van der Waals surface area (Å²) < 4.78 is 389. The van der Waals surface area contributed by atoms with Gasteiger partial charge in [0.15, 0.2) is 23.1 Å². The van der Waals surface area contributed by atoms with Crippen LogP contribution < -0.4 is 11.1 Å². The molecule has 0 aliphatic heterocycles. The summed E-state index contributed by atoms with van der Waals surface area (Å²) >= 11 is 4.60. The van der Waals surface area contributed by atoms with E-state index in [0.29, 0.717) is 65.6 Å². The number of aromatic nitrogens is 12. The smallest absolute Gasteiger partial charge is 0.435 e. The number of amides is 1. The molecule has 55 heteroatoms. The monoisotopic (exact) mass is 2170 g/mol. The highest BCUT2D eigenvalue weighted by molar-refractivity contribution is 6.61. The van der Waals surface area contributed by atoms with Crippen molar-refractivity contribution < 1.29 is 171 Å². The second kappa shape index (κ2) is 48.0. The lowest BCUT2D eigenvalue weighted by molar-refractivity contribution is -0.384. The van der Waals surface area contributed by atoms with Crippen molar-refractivity contribution in [2.75, 3.05) is 31.9 Å². The van der Waals surface area contributed by atoms with Gasteiger partial charge in [0, 0.05) is 94.5 Å². The molecule has 0 spiro atoms. The molecular weight excluding hydrogens is 2080 g/mol. The van der Waals surface area contributed by atoms with Crippen LogP contribution in [0.25, 0.3) is 22.7 Å². The summed E-state index contributed by atoms with van der Waals surface area (Å²) in [5, 5.41) is 37.2. The van der Waals surface area contributed by atoms with E-state index >= 15 is 0 Å². The third kappa shape index (κ3) is 27.2. The van der Waals surface area contributed by atoms with Crippen LogP contribution in [0, 0.1) is 37.8 Å². The number of nitrogens with one attached hydrogen (secondary N) is 1. The van der Waals surface area contributed by atoms with Crippen molar-refractivity contribution in [1.82, 2.24) is 59.1 Å². The van der Waals surface area contributed by atoms with Gasteiger partial charge in [0.1, 0.15) is 56.3 Å². The molecule has 12 aromatic rings. The van der Waals surface area contributed by atoms with Crippen LogP contribution in [0.2, 0.25) is 0 Å². The number of carbonyl (C=O) groups is 6. The summed E-state index contributed by atoms with van der Waals surface area (Å²) in [5.41, 5.74) is -21.4. The van der Waals surface area contributed by atoms with Gasteiger partial charge in [-0.15, -0.1) is 0 Å². The predicted molar refractivity (Wildman–Crippen MR) is 477 cm³/mol. The van der Waals surface area contributed by atoms with Gasteiger partial charge in [-0.3, -0.25) is 34.6 Å².